The SMILES string of the molecule is CCCCCCCCN1CCC(CCC(COC(C)=O)(COC(C)=O)NC(C)=O)CC1. The monoisotopic (exact) mass is 440 g/mol. The molecule has 1 heterocycles. The van der Waals surface area contributed by atoms with E-state index in [0.29, 0.717) is 12.3 Å². The summed E-state index contributed by atoms with van der Waals surface area (Å²) in [5, 5.41) is 2.90. The van der Waals surface area contributed by atoms with Gasteiger partial charge in [-0.1, -0.05) is 39.0 Å². The predicted octanol–water partition coefficient (Wildman–Crippen LogP) is 3.84. The minimum atomic E-state index is -0.876. The van der Waals surface area contributed by atoms with Gasteiger partial charge in [0.2, 0.25) is 5.91 Å². The minimum Gasteiger partial charge on any atom is -0.463 e. The highest BCUT2D eigenvalue weighted by Crippen LogP contribution is 2.26. The average Bonchev–Trinajstić information content (AvgIpc) is 2.72. The molecule has 0 aromatic heterocycles. The van der Waals surface area contributed by atoms with Crippen molar-refractivity contribution in [2.45, 2.75) is 97.4 Å². The van der Waals surface area contributed by atoms with E-state index < -0.39 is 17.5 Å². The Kier molecular flexibility index (Phi) is 13.5. The molecule has 1 aliphatic heterocycles. The van der Waals surface area contributed by atoms with E-state index in [0.717, 1.165) is 32.4 Å². The summed E-state index contributed by atoms with van der Waals surface area (Å²) in [6, 6.07) is 0. The number of hydrogen-bond acceptors (Lipinski definition) is 6. The van der Waals surface area contributed by atoms with Gasteiger partial charge in [-0.25, -0.2) is 0 Å². The molecule has 7 nitrogen and oxygen atoms in total. The fourth-order valence-electron chi connectivity index (χ4n) is 4.27. The molecule has 0 bridgehead atoms. The molecule has 7 heteroatoms. The van der Waals surface area contributed by atoms with Gasteiger partial charge in [0.15, 0.2) is 0 Å². The Morgan fingerprint density at radius 3 is 1.97 bits per heavy atom. The normalized spacial score (nSPS) is 15.5. The van der Waals surface area contributed by atoms with Crippen molar-refractivity contribution in [3.8, 4) is 0 Å². The predicted molar refractivity (Wildman–Crippen MR) is 122 cm³/mol. The molecule has 1 aliphatic rings. The van der Waals surface area contributed by atoms with Gasteiger partial charge in [-0.15, -0.1) is 0 Å². The Morgan fingerprint density at radius 1 is 0.903 bits per heavy atom. The van der Waals surface area contributed by atoms with E-state index in [1.54, 1.807) is 0 Å². The van der Waals surface area contributed by atoms with Crippen LogP contribution in [-0.4, -0.2) is 61.1 Å². The third kappa shape index (κ3) is 12.7. The zero-order chi connectivity index (χ0) is 23.1. The number of hydrogen-bond donors (Lipinski definition) is 1. The van der Waals surface area contributed by atoms with Gasteiger partial charge in [0.1, 0.15) is 18.8 Å². The highest BCUT2D eigenvalue weighted by atomic mass is 16.5. The van der Waals surface area contributed by atoms with Crippen LogP contribution in [-0.2, 0) is 23.9 Å². The first-order valence-corrected chi connectivity index (χ1v) is 12.0. The van der Waals surface area contributed by atoms with E-state index in [1.807, 2.05) is 0 Å². The second kappa shape index (κ2) is 15.2. The molecular formula is C24H44N2O5. The van der Waals surface area contributed by atoms with Gasteiger partial charge in [0, 0.05) is 20.8 Å². The molecule has 1 amide bonds. The summed E-state index contributed by atoms with van der Waals surface area (Å²) in [6.45, 7) is 9.77. The van der Waals surface area contributed by atoms with Crippen molar-refractivity contribution >= 4 is 17.8 Å². The molecule has 0 atom stereocenters. The van der Waals surface area contributed by atoms with Crippen LogP contribution in [0.25, 0.3) is 0 Å². The third-order valence-electron chi connectivity index (χ3n) is 6.11. The van der Waals surface area contributed by atoms with E-state index in [-0.39, 0.29) is 19.1 Å². The average molecular weight is 441 g/mol. The van der Waals surface area contributed by atoms with Crippen LogP contribution < -0.4 is 5.32 Å². The highest BCUT2D eigenvalue weighted by Gasteiger charge is 2.35. The molecule has 0 saturated carbocycles. The Morgan fingerprint density at radius 2 is 1.45 bits per heavy atom. The Labute approximate surface area is 188 Å². The molecule has 1 N–H and O–H groups in total. The lowest BCUT2D eigenvalue weighted by molar-refractivity contribution is -0.150. The molecule has 180 valence electrons. The topological polar surface area (TPSA) is 84.9 Å². The Balaban J connectivity index is 2.49. The van der Waals surface area contributed by atoms with Gasteiger partial charge in [-0.05, 0) is 57.7 Å². The number of esters is 2. The number of carbonyl (C=O) groups excluding carboxylic acids is 3. The molecule has 0 unspecified atom stereocenters. The van der Waals surface area contributed by atoms with Crippen LogP contribution in [0.5, 0.6) is 0 Å². The quantitative estimate of drug-likeness (QED) is 0.308. The van der Waals surface area contributed by atoms with E-state index in [9.17, 15) is 14.4 Å². The minimum absolute atomic E-state index is 0.00602. The lowest BCUT2D eigenvalue weighted by Crippen LogP contribution is -2.55. The summed E-state index contributed by atoms with van der Waals surface area (Å²) in [5.74, 6) is -0.502. The maximum absolute atomic E-state index is 11.8. The lowest BCUT2D eigenvalue weighted by atomic mass is 9.85. The van der Waals surface area contributed by atoms with Crippen LogP contribution in [0.4, 0.5) is 0 Å². The number of unbranched alkanes of at least 4 members (excludes halogenated alkanes) is 5. The maximum Gasteiger partial charge on any atom is 0.302 e. The van der Waals surface area contributed by atoms with Crippen molar-refractivity contribution in [2.24, 2.45) is 5.92 Å². The first kappa shape index (κ1) is 27.4. The zero-order valence-electron chi connectivity index (χ0n) is 20.2. The summed E-state index contributed by atoms with van der Waals surface area (Å²) in [4.78, 5) is 37.1. The first-order chi connectivity index (χ1) is 14.8. The van der Waals surface area contributed by atoms with Crippen molar-refractivity contribution in [1.29, 1.82) is 0 Å². The number of likely N-dealkylation sites (tertiary alicyclic amines) is 1. The zero-order valence-corrected chi connectivity index (χ0v) is 20.2. The maximum atomic E-state index is 11.8. The van der Waals surface area contributed by atoms with Crippen molar-refractivity contribution < 1.29 is 23.9 Å². The third-order valence-corrected chi connectivity index (χ3v) is 6.11. The van der Waals surface area contributed by atoms with Crippen LogP contribution >= 0.6 is 0 Å². The van der Waals surface area contributed by atoms with E-state index in [1.165, 1.54) is 65.8 Å². The first-order valence-electron chi connectivity index (χ1n) is 12.0. The number of rotatable bonds is 15. The molecule has 0 aliphatic carbocycles. The standard InChI is InChI=1S/C24H44N2O5/c1-5-6-7-8-9-10-15-26-16-12-23(13-17-26)11-14-24(25-20(2)27,18-30-21(3)28)19-31-22(4)29/h23H,5-19H2,1-4H3,(H,25,27). The molecule has 1 saturated heterocycles. The number of nitrogens with one attached hydrogen (secondary N) is 1. The van der Waals surface area contributed by atoms with E-state index in [2.05, 4.69) is 17.1 Å². The fraction of sp³-hybridized carbons (Fsp3) is 0.875. The summed E-state index contributed by atoms with van der Waals surface area (Å²) >= 11 is 0. The van der Waals surface area contributed by atoms with Gasteiger partial charge < -0.3 is 19.7 Å². The largest absolute Gasteiger partial charge is 0.463 e. The van der Waals surface area contributed by atoms with Crippen molar-refractivity contribution in [1.82, 2.24) is 10.2 Å². The second-order valence-corrected chi connectivity index (χ2v) is 9.11. The summed E-state index contributed by atoms with van der Waals surface area (Å²) < 4.78 is 10.4. The Hall–Kier alpha value is -1.63. The van der Waals surface area contributed by atoms with Gasteiger partial charge in [-0.2, -0.15) is 0 Å². The van der Waals surface area contributed by atoms with E-state index >= 15 is 0 Å². The van der Waals surface area contributed by atoms with Gasteiger partial charge in [0.25, 0.3) is 0 Å². The summed E-state index contributed by atoms with van der Waals surface area (Å²) in [5.41, 5.74) is -0.876. The van der Waals surface area contributed by atoms with Gasteiger partial charge >= 0.3 is 11.9 Å². The van der Waals surface area contributed by atoms with Crippen molar-refractivity contribution in [2.75, 3.05) is 32.8 Å². The highest BCUT2D eigenvalue weighted by molar-refractivity contribution is 5.74. The molecule has 0 aromatic carbocycles. The number of piperidine rings is 1. The lowest BCUT2D eigenvalue weighted by Gasteiger charge is -2.36. The molecule has 0 aromatic rings. The molecule has 1 rings (SSSR count). The number of ether oxygens (including phenoxy) is 2. The van der Waals surface area contributed by atoms with Crippen molar-refractivity contribution in [3.05, 3.63) is 0 Å². The van der Waals surface area contributed by atoms with Crippen LogP contribution in [0.1, 0.15) is 91.9 Å². The van der Waals surface area contributed by atoms with E-state index in [4.69, 9.17) is 9.47 Å². The summed E-state index contributed by atoms with van der Waals surface area (Å²) in [7, 11) is 0. The molecule has 31 heavy (non-hydrogen) atoms. The number of carbonyl (C=O) groups is 3. The van der Waals surface area contributed by atoms with Gasteiger partial charge in [-0.3, -0.25) is 14.4 Å². The van der Waals surface area contributed by atoms with Crippen molar-refractivity contribution in [3.63, 3.8) is 0 Å². The number of amides is 1. The molecule has 1 fully saturated rings. The fourth-order valence-corrected chi connectivity index (χ4v) is 4.27. The number of nitrogens with zero attached hydrogens (tertiary/aromatic N) is 1. The smallest absolute Gasteiger partial charge is 0.302 e. The van der Waals surface area contributed by atoms with Crippen LogP contribution in [0.2, 0.25) is 0 Å². The molecule has 0 radical (unpaired) electrons. The van der Waals surface area contributed by atoms with Gasteiger partial charge in [0.05, 0.1) is 0 Å². The van der Waals surface area contributed by atoms with Crippen LogP contribution in [0.15, 0.2) is 0 Å². The Bertz CT molecular complexity index is 526. The van der Waals surface area contributed by atoms with Crippen LogP contribution in [0, 0.1) is 5.92 Å². The molecular weight excluding hydrogens is 396 g/mol. The van der Waals surface area contributed by atoms with Crippen LogP contribution in [0.3, 0.4) is 0 Å². The molecule has 0 spiro atoms. The summed E-state index contributed by atoms with van der Waals surface area (Å²) in [6.07, 6.45) is 11.7. The second-order valence-electron chi connectivity index (χ2n) is 9.11.